The number of benzene rings is 3. The van der Waals surface area contributed by atoms with Gasteiger partial charge in [-0.15, -0.1) is 0 Å². The molecule has 1 fully saturated rings. The van der Waals surface area contributed by atoms with Gasteiger partial charge in [0.25, 0.3) is 5.91 Å². The van der Waals surface area contributed by atoms with Crippen molar-refractivity contribution in [1.82, 2.24) is 4.31 Å². The van der Waals surface area contributed by atoms with Gasteiger partial charge in [-0.1, -0.05) is 78.9 Å². The standard InChI is InChI=1S/C22H19NO2S/c24-22-21(25-16-17-10-4-1-5-11-17)20(18-12-6-2-7-13-18)23(22)26-19-14-8-3-9-15-19/h1-15,20-21H,16H2/t20-,21+/m0/s1. The number of hydrogen-bond acceptors (Lipinski definition) is 3. The normalized spacial score (nSPS) is 19.2. The van der Waals surface area contributed by atoms with Gasteiger partial charge in [-0.2, -0.15) is 0 Å². The first-order chi connectivity index (χ1) is 12.8. The van der Waals surface area contributed by atoms with E-state index in [9.17, 15) is 4.79 Å². The molecular formula is C22H19NO2S. The lowest BCUT2D eigenvalue weighted by molar-refractivity contribution is -0.163. The molecule has 1 aliphatic rings. The van der Waals surface area contributed by atoms with Gasteiger partial charge in [0.1, 0.15) is 6.04 Å². The maximum Gasteiger partial charge on any atom is 0.265 e. The van der Waals surface area contributed by atoms with Gasteiger partial charge in [0, 0.05) is 4.90 Å². The molecular weight excluding hydrogens is 342 g/mol. The highest BCUT2D eigenvalue weighted by molar-refractivity contribution is 7.97. The maximum absolute atomic E-state index is 12.8. The van der Waals surface area contributed by atoms with Crippen LogP contribution in [-0.2, 0) is 16.1 Å². The van der Waals surface area contributed by atoms with E-state index < -0.39 is 6.10 Å². The molecule has 0 aliphatic carbocycles. The third-order valence-corrected chi connectivity index (χ3v) is 5.45. The number of rotatable bonds is 6. The molecule has 0 unspecified atom stereocenters. The Hall–Kier alpha value is -2.56. The molecule has 26 heavy (non-hydrogen) atoms. The van der Waals surface area contributed by atoms with Gasteiger partial charge in [0.15, 0.2) is 6.10 Å². The van der Waals surface area contributed by atoms with E-state index in [1.54, 1.807) is 0 Å². The summed E-state index contributed by atoms with van der Waals surface area (Å²) in [6.07, 6.45) is -0.450. The van der Waals surface area contributed by atoms with Crippen LogP contribution in [0.3, 0.4) is 0 Å². The molecule has 3 nitrogen and oxygen atoms in total. The third-order valence-electron chi connectivity index (χ3n) is 4.36. The average Bonchev–Trinajstić information content (AvgIpc) is 2.71. The number of carbonyl (C=O) groups is 1. The Morgan fingerprint density at radius 2 is 1.38 bits per heavy atom. The minimum absolute atomic E-state index is 0.0173. The molecule has 3 aromatic carbocycles. The smallest absolute Gasteiger partial charge is 0.265 e. The Morgan fingerprint density at radius 3 is 2.04 bits per heavy atom. The topological polar surface area (TPSA) is 29.5 Å². The second-order valence-electron chi connectivity index (χ2n) is 6.14. The SMILES string of the molecule is O=C1[C@H](OCc2ccccc2)[C@H](c2ccccc2)N1Sc1ccccc1. The van der Waals surface area contributed by atoms with Crippen LogP contribution in [-0.4, -0.2) is 16.3 Å². The Kier molecular flexibility index (Phi) is 5.04. The van der Waals surface area contributed by atoms with E-state index in [1.165, 1.54) is 11.9 Å². The highest BCUT2D eigenvalue weighted by Crippen LogP contribution is 2.44. The number of nitrogens with zero attached hydrogens (tertiary/aromatic N) is 1. The second-order valence-corrected chi connectivity index (χ2v) is 7.19. The summed E-state index contributed by atoms with van der Waals surface area (Å²) < 4.78 is 7.83. The van der Waals surface area contributed by atoms with Crippen LogP contribution in [0.2, 0.25) is 0 Å². The van der Waals surface area contributed by atoms with Crippen molar-refractivity contribution >= 4 is 17.9 Å². The highest BCUT2D eigenvalue weighted by atomic mass is 32.2. The first kappa shape index (κ1) is 16.9. The van der Waals surface area contributed by atoms with Crippen molar-refractivity contribution in [3.63, 3.8) is 0 Å². The fraction of sp³-hybridized carbons (Fsp3) is 0.136. The molecule has 0 N–H and O–H groups in total. The van der Waals surface area contributed by atoms with E-state index in [1.807, 2.05) is 83.2 Å². The molecule has 2 atom stereocenters. The van der Waals surface area contributed by atoms with E-state index in [4.69, 9.17) is 4.74 Å². The second kappa shape index (κ2) is 7.77. The number of β-lactam (4-membered cyclic amide) rings is 1. The highest BCUT2D eigenvalue weighted by Gasteiger charge is 2.50. The van der Waals surface area contributed by atoms with Crippen LogP contribution in [0.15, 0.2) is 95.9 Å². The van der Waals surface area contributed by atoms with E-state index in [2.05, 4.69) is 12.1 Å². The Bertz CT molecular complexity index is 855. The number of amides is 1. The molecule has 0 radical (unpaired) electrons. The first-order valence-electron chi connectivity index (χ1n) is 8.59. The summed E-state index contributed by atoms with van der Waals surface area (Å²) >= 11 is 1.47. The summed E-state index contributed by atoms with van der Waals surface area (Å²) in [6.45, 7) is 0.435. The number of carbonyl (C=O) groups excluding carboxylic acids is 1. The summed E-state index contributed by atoms with van der Waals surface area (Å²) in [7, 11) is 0. The molecule has 4 heteroatoms. The predicted octanol–water partition coefficient (Wildman–Crippen LogP) is 4.86. The molecule has 0 bridgehead atoms. The summed E-state index contributed by atoms with van der Waals surface area (Å²) in [4.78, 5) is 13.8. The van der Waals surface area contributed by atoms with Gasteiger partial charge >= 0.3 is 0 Å². The van der Waals surface area contributed by atoms with Crippen LogP contribution in [0.4, 0.5) is 0 Å². The molecule has 1 saturated heterocycles. The molecule has 0 aromatic heterocycles. The van der Waals surface area contributed by atoms with Crippen LogP contribution >= 0.6 is 11.9 Å². The quantitative estimate of drug-likeness (QED) is 0.464. The molecule has 3 aromatic rings. The van der Waals surface area contributed by atoms with Crippen LogP contribution in [0.5, 0.6) is 0 Å². The van der Waals surface area contributed by atoms with Gasteiger partial charge in [0.2, 0.25) is 0 Å². The van der Waals surface area contributed by atoms with E-state index in [-0.39, 0.29) is 11.9 Å². The predicted molar refractivity (Wildman–Crippen MR) is 103 cm³/mol. The van der Waals surface area contributed by atoms with Gasteiger partial charge in [-0.3, -0.25) is 9.10 Å². The molecule has 1 aliphatic heterocycles. The summed E-state index contributed by atoms with van der Waals surface area (Å²) in [6, 6.07) is 29.9. The van der Waals surface area contributed by atoms with Crippen molar-refractivity contribution in [3.05, 3.63) is 102 Å². The van der Waals surface area contributed by atoms with Crippen LogP contribution < -0.4 is 0 Å². The molecule has 130 valence electrons. The van der Waals surface area contributed by atoms with Gasteiger partial charge in [0.05, 0.1) is 6.61 Å². The van der Waals surface area contributed by atoms with Crippen LogP contribution in [0.25, 0.3) is 0 Å². The summed E-state index contributed by atoms with van der Waals surface area (Å²) in [5, 5.41) is 0. The zero-order chi connectivity index (χ0) is 17.8. The monoisotopic (exact) mass is 361 g/mol. The first-order valence-corrected chi connectivity index (χ1v) is 9.37. The third kappa shape index (κ3) is 3.52. The fourth-order valence-corrected chi connectivity index (χ4v) is 4.06. The lowest BCUT2D eigenvalue weighted by Crippen LogP contribution is -2.56. The Balaban J connectivity index is 1.53. The number of hydrogen-bond donors (Lipinski definition) is 0. The van der Waals surface area contributed by atoms with Crippen molar-refractivity contribution in [1.29, 1.82) is 0 Å². The minimum atomic E-state index is -0.450. The van der Waals surface area contributed by atoms with Gasteiger partial charge < -0.3 is 4.74 Å². The fourth-order valence-electron chi connectivity index (χ4n) is 3.02. The van der Waals surface area contributed by atoms with Crippen molar-refractivity contribution in [3.8, 4) is 0 Å². The largest absolute Gasteiger partial charge is 0.361 e. The average molecular weight is 361 g/mol. The molecule has 1 heterocycles. The molecule has 0 spiro atoms. The van der Waals surface area contributed by atoms with Crippen molar-refractivity contribution in [2.75, 3.05) is 0 Å². The van der Waals surface area contributed by atoms with Crippen LogP contribution in [0, 0.1) is 0 Å². The van der Waals surface area contributed by atoms with Gasteiger partial charge in [-0.05, 0) is 35.2 Å². The Morgan fingerprint density at radius 1 is 0.808 bits per heavy atom. The van der Waals surface area contributed by atoms with E-state index in [0.29, 0.717) is 6.61 Å². The minimum Gasteiger partial charge on any atom is -0.361 e. The Labute approximate surface area is 157 Å². The molecule has 1 amide bonds. The maximum atomic E-state index is 12.8. The zero-order valence-corrected chi connectivity index (χ0v) is 15.0. The van der Waals surface area contributed by atoms with Crippen molar-refractivity contribution in [2.45, 2.75) is 23.6 Å². The lowest BCUT2D eigenvalue weighted by atomic mass is 9.94. The lowest BCUT2D eigenvalue weighted by Gasteiger charge is -2.45. The number of ether oxygens (including phenoxy) is 1. The van der Waals surface area contributed by atoms with Crippen molar-refractivity contribution in [2.24, 2.45) is 0 Å². The molecule has 0 saturated carbocycles. The molecule has 4 rings (SSSR count). The zero-order valence-electron chi connectivity index (χ0n) is 14.2. The van der Waals surface area contributed by atoms with Crippen LogP contribution in [0.1, 0.15) is 17.2 Å². The summed E-state index contributed by atoms with van der Waals surface area (Å²) in [5.41, 5.74) is 2.16. The van der Waals surface area contributed by atoms with E-state index >= 15 is 0 Å². The van der Waals surface area contributed by atoms with Crippen molar-refractivity contribution < 1.29 is 9.53 Å². The van der Waals surface area contributed by atoms with Gasteiger partial charge in [-0.25, -0.2) is 0 Å². The van der Waals surface area contributed by atoms with E-state index in [0.717, 1.165) is 16.0 Å². The summed E-state index contributed by atoms with van der Waals surface area (Å²) in [5.74, 6) is 0.0173.